The second-order valence-electron chi connectivity index (χ2n) is 12.3. The van der Waals surface area contributed by atoms with Gasteiger partial charge in [-0.1, -0.05) is 50.4 Å². The topological polar surface area (TPSA) is 77.1 Å². The van der Waals surface area contributed by atoms with Gasteiger partial charge in [-0.15, -0.1) is 12.0 Å². The van der Waals surface area contributed by atoms with Crippen LogP contribution in [0.4, 0.5) is 28.9 Å². The van der Waals surface area contributed by atoms with Crippen LogP contribution in [0.2, 0.25) is 5.02 Å². The maximum Gasteiger partial charge on any atom is 0.413 e. The molecule has 0 unspecified atom stereocenters. The number of anilines is 2. The fourth-order valence-electron chi connectivity index (χ4n) is 5.37. The summed E-state index contributed by atoms with van der Waals surface area (Å²) in [6.07, 6.45) is 5.43. The molecule has 2 aliphatic rings. The van der Waals surface area contributed by atoms with E-state index in [1.807, 2.05) is 6.07 Å². The van der Waals surface area contributed by atoms with Gasteiger partial charge in [-0.05, 0) is 48.1 Å². The minimum absolute atomic E-state index is 0.0361. The molecule has 2 aromatic carbocycles. The summed E-state index contributed by atoms with van der Waals surface area (Å²) in [6.45, 7) is 6.90. The lowest BCUT2D eigenvalue weighted by molar-refractivity contribution is -0.195. The number of alkyl halides is 3. The van der Waals surface area contributed by atoms with E-state index in [0.717, 1.165) is 11.2 Å². The molecule has 1 aliphatic heterocycles. The van der Waals surface area contributed by atoms with Crippen LogP contribution in [0.5, 0.6) is 0 Å². The van der Waals surface area contributed by atoms with E-state index in [2.05, 4.69) is 58.3 Å². The third-order valence-electron chi connectivity index (χ3n) is 7.84. The second kappa shape index (κ2) is 10.7. The Hall–Kier alpha value is -4.27. The van der Waals surface area contributed by atoms with Crippen LogP contribution in [0.25, 0.3) is 21.8 Å². The molecular formula is C32H30ClF4N7. The van der Waals surface area contributed by atoms with Gasteiger partial charge >= 0.3 is 6.18 Å². The molecule has 44 heavy (non-hydrogen) atoms. The molecule has 0 amide bonds. The first-order chi connectivity index (χ1) is 20.8. The van der Waals surface area contributed by atoms with Crippen LogP contribution in [0.15, 0.2) is 60.7 Å². The predicted octanol–water partition coefficient (Wildman–Crippen LogP) is 7.43. The molecule has 2 aromatic heterocycles. The molecule has 0 bridgehead atoms. The van der Waals surface area contributed by atoms with Crippen LogP contribution in [-0.2, 0) is 0 Å². The van der Waals surface area contributed by atoms with Gasteiger partial charge in [-0.25, -0.2) is 4.39 Å². The van der Waals surface area contributed by atoms with Gasteiger partial charge in [0.1, 0.15) is 5.82 Å². The quantitative estimate of drug-likeness (QED) is 0.126. The second-order valence-corrected chi connectivity index (χ2v) is 12.7. The maximum absolute atomic E-state index is 14.4. The zero-order chi connectivity index (χ0) is 31.4. The maximum atomic E-state index is 14.4. The summed E-state index contributed by atoms with van der Waals surface area (Å²) in [7, 11) is 0. The molecule has 0 saturated heterocycles. The highest BCUT2D eigenvalue weighted by Crippen LogP contribution is 2.54. The van der Waals surface area contributed by atoms with E-state index in [0.29, 0.717) is 61.6 Å². The fourth-order valence-corrected chi connectivity index (χ4v) is 5.64. The molecular weight excluding hydrogens is 594 g/mol. The van der Waals surface area contributed by atoms with Crippen molar-refractivity contribution in [3.8, 4) is 12.3 Å². The Morgan fingerprint density at radius 3 is 2.57 bits per heavy atom. The predicted molar refractivity (Wildman–Crippen MR) is 165 cm³/mol. The highest BCUT2D eigenvalue weighted by molar-refractivity contribution is 6.35. The number of aromatic nitrogens is 2. The van der Waals surface area contributed by atoms with Crippen molar-refractivity contribution >= 4 is 44.8 Å². The van der Waals surface area contributed by atoms with Crippen molar-refractivity contribution in [2.45, 2.75) is 51.4 Å². The average Bonchev–Trinajstić information content (AvgIpc) is 3.65. The van der Waals surface area contributed by atoms with Crippen molar-refractivity contribution in [2.24, 2.45) is 5.41 Å². The van der Waals surface area contributed by atoms with Crippen LogP contribution in [0, 0.1) is 23.6 Å². The lowest BCUT2D eigenvalue weighted by Crippen LogP contribution is -2.52. The van der Waals surface area contributed by atoms with Crippen molar-refractivity contribution in [1.82, 2.24) is 25.9 Å². The van der Waals surface area contributed by atoms with E-state index < -0.39 is 23.6 Å². The van der Waals surface area contributed by atoms with E-state index in [-0.39, 0.29) is 18.3 Å². The lowest BCUT2D eigenvalue weighted by atomic mass is 9.96. The third kappa shape index (κ3) is 5.44. The van der Waals surface area contributed by atoms with Gasteiger partial charge in [0.05, 0.1) is 45.2 Å². The first-order valence-corrected chi connectivity index (χ1v) is 14.4. The highest BCUT2D eigenvalue weighted by Gasteiger charge is 2.67. The smallest absolute Gasteiger partial charge is 0.383 e. The van der Waals surface area contributed by atoms with Gasteiger partial charge in [0.25, 0.3) is 0 Å². The van der Waals surface area contributed by atoms with Gasteiger partial charge in [-0.3, -0.25) is 15.0 Å². The van der Waals surface area contributed by atoms with Gasteiger partial charge < -0.3 is 16.1 Å². The highest BCUT2D eigenvalue weighted by atomic mass is 35.5. The summed E-state index contributed by atoms with van der Waals surface area (Å²) in [4.78, 5) is 8.70. The van der Waals surface area contributed by atoms with E-state index >= 15 is 0 Å². The Morgan fingerprint density at radius 1 is 1.11 bits per heavy atom. The molecule has 4 N–H and O–H groups in total. The van der Waals surface area contributed by atoms with Crippen molar-refractivity contribution in [3.63, 3.8) is 0 Å². The van der Waals surface area contributed by atoms with Crippen molar-refractivity contribution < 1.29 is 17.6 Å². The molecule has 0 radical (unpaired) electrons. The van der Waals surface area contributed by atoms with Crippen LogP contribution in [0.1, 0.15) is 50.8 Å². The fraction of sp³-hybridized carbons (Fsp3) is 0.312. The van der Waals surface area contributed by atoms with Crippen molar-refractivity contribution in [1.29, 1.82) is 0 Å². The van der Waals surface area contributed by atoms with Gasteiger partial charge in [-0.2, -0.15) is 13.2 Å². The molecule has 6 rings (SSSR count). The summed E-state index contributed by atoms with van der Waals surface area (Å²) >= 11 is 6.75. The SMILES string of the molecule is C#Cc1cnc2c(Cl)cc(N[C@H](C3=CN(C4(C(F)(F)F)CC4)NN3)c3cccc4ncc(F)cc34)cc2c1NCC(C)(C)C. The Balaban J connectivity index is 1.48. The minimum atomic E-state index is -4.44. The first kappa shape index (κ1) is 29.8. The summed E-state index contributed by atoms with van der Waals surface area (Å²) in [5.41, 5.74) is 7.37. The third-order valence-corrected chi connectivity index (χ3v) is 8.12. The number of nitrogens with one attached hydrogen (secondary N) is 4. The van der Waals surface area contributed by atoms with Gasteiger partial charge in [0, 0.05) is 35.4 Å². The Bertz CT molecular complexity index is 1840. The van der Waals surface area contributed by atoms with E-state index in [9.17, 15) is 17.6 Å². The van der Waals surface area contributed by atoms with E-state index in [1.165, 1.54) is 12.3 Å². The zero-order valence-electron chi connectivity index (χ0n) is 24.2. The number of hydrazine groups is 2. The molecule has 4 aromatic rings. The van der Waals surface area contributed by atoms with Gasteiger partial charge in [0.15, 0.2) is 5.54 Å². The Morgan fingerprint density at radius 2 is 1.89 bits per heavy atom. The summed E-state index contributed by atoms with van der Waals surface area (Å²) in [6, 6.07) is 9.40. The summed E-state index contributed by atoms with van der Waals surface area (Å²) in [5.74, 6) is 2.14. The number of hydrogen-bond donors (Lipinski definition) is 4. The van der Waals surface area contributed by atoms with Crippen molar-refractivity contribution in [3.05, 3.63) is 82.7 Å². The number of pyridine rings is 2. The van der Waals surface area contributed by atoms with E-state index in [1.54, 1.807) is 30.5 Å². The van der Waals surface area contributed by atoms with Crippen LogP contribution >= 0.6 is 11.6 Å². The molecule has 1 atom stereocenters. The molecule has 1 saturated carbocycles. The molecule has 7 nitrogen and oxygen atoms in total. The molecule has 1 fully saturated rings. The first-order valence-electron chi connectivity index (χ1n) is 14.0. The standard InChI is InChI=1S/C32H30ClF4N7/c1-5-18-14-39-28-23(27(18)40-17-30(2,3)4)12-20(13-24(28)33)41-29(21-7-6-8-25-22(21)11-19(34)15-38-25)26-16-44(43-42-26)31(9-10-31)32(35,36)37/h1,6-8,11-16,29,41-43H,9-10,17H2,2-4H3,(H,39,40)/t29-/m0/s1. The van der Waals surface area contributed by atoms with Crippen LogP contribution in [-0.4, -0.2) is 33.2 Å². The number of nitrogens with zero attached hydrogens (tertiary/aromatic N) is 3. The normalized spacial score (nSPS) is 16.8. The number of halogens is 5. The monoisotopic (exact) mass is 623 g/mol. The minimum Gasteiger partial charge on any atom is -0.383 e. The number of rotatable bonds is 7. The van der Waals surface area contributed by atoms with Crippen LogP contribution < -0.4 is 21.6 Å². The lowest BCUT2D eigenvalue weighted by Gasteiger charge is -2.28. The average molecular weight is 624 g/mol. The zero-order valence-corrected chi connectivity index (χ0v) is 25.0. The Kier molecular flexibility index (Phi) is 7.25. The van der Waals surface area contributed by atoms with E-state index in [4.69, 9.17) is 18.0 Å². The molecule has 12 heteroatoms. The molecule has 228 valence electrons. The number of fused-ring (bicyclic) bond motifs is 2. The number of benzene rings is 2. The Labute approximate surface area is 257 Å². The summed E-state index contributed by atoms with van der Waals surface area (Å²) in [5, 5.41) is 9.46. The van der Waals surface area contributed by atoms with Gasteiger partial charge in [0.2, 0.25) is 0 Å². The van der Waals surface area contributed by atoms with Crippen LogP contribution in [0.3, 0.4) is 0 Å². The molecule has 3 heterocycles. The molecule has 0 spiro atoms. The molecule has 1 aliphatic carbocycles. The number of hydrogen-bond acceptors (Lipinski definition) is 7. The van der Waals surface area contributed by atoms with Crippen molar-refractivity contribution in [2.75, 3.05) is 17.2 Å². The summed E-state index contributed by atoms with van der Waals surface area (Å²) < 4.78 is 56.4. The largest absolute Gasteiger partial charge is 0.413 e. The number of terminal acetylenes is 1.